The maximum absolute atomic E-state index is 13.8. The van der Waals surface area contributed by atoms with E-state index in [2.05, 4.69) is 15.3 Å². The highest BCUT2D eigenvalue weighted by Gasteiger charge is 2.08. The van der Waals surface area contributed by atoms with Crippen molar-refractivity contribution in [3.8, 4) is 0 Å². The van der Waals surface area contributed by atoms with Crippen molar-refractivity contribution < 1.29 is 8.78 Å². The highest BCUT2D eigenvalue weighted by molar-refractivity contribution is 5.38. The molecule has 2 rings (SSSR count). The average molecular weight is 249 g/mol. The number of aromatic nitrogens is 2. The Morgan fingerprint density at radius 2 is 1.83 bits per heavy atom. The Bertz CT molecular complexity index is 526. The standard InChI is InChI=1S/C13H13F2N3/c1-2-11-12(15)13(18-8-17-11)16-7-9-3-5-10(14)6-4-9/h3-6,8H,2,7H2,1H3,(H,16,17,18). The summed E-state index contributed by atoms with van der Waals surface area (Å²) in [4.78, 5) is 7.70. The van der Waals surface area contributed by atoms with Crippen LogP contribution in [0.4, 0.5) is 14.6 Å². The van der Waals surface area contributed by atoms with Gasteiger partial charge in [0, 0.05) is 6.54 Å². The number of nitrogens with zero attached hydrogens (tertiary/aromatic N) is 2. The second-order valence-electron chi connectivity index (χ2n) is 3.82. The van der Waals surface area contributed by atoms with Crippen LogP contribution < -0.4 is 5.32 Å². The van der Waals surface area contributed by atoms with E-state index in [1.807, 2.05) is 6.92 Å². The summed E-state index contributed by atoms with van der Waals surface area (Å²) in [6, 6.07) is 6.01. The highest BCUT2D eigenvalue weighted by Crippen LogP contribution is 2.14. The first-order valence-electron chi connectivity index (χ1n) is 5.68. The van der Waals surface area contributed by atoms with Crippen molar-refractivity contribution in [3.63, 3.8) is 0 Å². The number of benzene rings is 1. The molecule has 5 heteroatoms. The summed E-state index contributed by atoms with van der Waals surface area (Å²) in [7, 11) is 0. The van der Waals surface area contributed by atoms with Crippen LogP contribution in [0.5, 0.6) is 0 Å². The molecule has 0 unspecified atom stereocenters. The van der Waals surface area contributed by atoms with E-state index in [0.717, 1.165) is 5.56 Å². The van der Waals surface area contributed by atoms with Crippen molar-refractivity contribution in [2.75, 3.05) is 5.32 Å². The Labute approximate surface area is 104 Å². The largest absolute Gasteiger partial charge is 0.363 e. The molecule has 0 aliphatic heterocycles. The molecule has 0 saturated carbocycles. The SMILES string of the molecule is CCc1ncnc(NCc2ccc(F)cc2)c1F. The van der Waals surface area contributed by atoms with Crippen LogP contribution in [0.25, 0.3) is 0 Å². The van der Waals surface area contributed by atoms with Crippen molar-refractivity contribution in [1.29, 1.82) is 0 Å². The predicted molar refractivity (Wildman–Crippen MR) is 65.1 cm³/mol. The predicted octanol–water partition coefficient (Wildman–Crippen LogP) is 2.93. The van der Waals surface area contributed by atoms with Crippen molar-refractivity contribution in [2.24, 2.45) is 0 Å². The van der Waals surface area contributed by atoms with Gasteiger partial charge in [-0.1, -0.05) is 19.1 Å². The third-order valence-corrected chi connectivity index (χ3v) is 2.57. The molecular formula is C13H13F2N3. The molecule has 0 amide bonds. The van der Waals surface area contributed by atoms with Crippen LogP contribution in [0.3, 0.4) is 0 Å². The summed E-state index contributed by atoms with van der Waals surface area (Å²) >= 11 is 0. The molecule has 0 fully saturated rings. The van der Waals surface area contributed by atoms with Gasteiger partial charge in [0.15, 0.2) is 11.6 Å². The van der Waals surface area contributed by atoms with Crippen LogP contribution in [0.1, 0.15) is 18.2 Å². The first-order chi connectivity index (χ1) is 8.70. The minimum absolute atomic E-state index is 0.172. The second kappa shape index (κ2) is 5.53. The van der Waals surface area contributed by atoms with Crippen LogP contribution in [-0.4, -0.2) is 9.97 Å². The Balaban J connectivity index is 2.08. The normalized spacial score (nSPS) is 10.4. The van der Waals surface area contributed by atoms with Gasteiger partial charge < -0.3 is 5.32 Å². The zero-order valence-corrected chi connectivity index (χ0v) is 9.95. The summed E-state index contributed by atoms with van der Waals surface area (Å²) in [6.45, 7) is 2.21. The quantitative estimate of drug-likeness (QED) is 0.905. The van der Waals surface area contributed by atoms with Crippen molar-refractivity contribution in [3.05, 3.63) is 53.5 Å². The minimum Gasteiger partial charge on any atom is -0.363 e. The molecule has 2 aromatic rings. The first kappa shape index (κ1) is 12.4. The average Bonchev–Trinajstić information content (AvgIpc) is 2.39. The maximum atomic E-state index is 13.8. The number of rotatable bonds is 4. The number of nitrogens with one attached hydrogen (secondary N) is 1. The molecule has 0 radical (unpaired) electrons. The number of halogens is 2. The lowest BCUT2D eigenvalue weighted by atomic mass is 10.2. The summed E-state index contributed by atoms with van der Waals surface area (Å²) in [5.74, 6) is -0.548. The monoisotopic (exact) mass is 249 g/mol. The van der Waals surface area contributed by atoms with Crippen LogP contribution in [0.15, 0.2) is 30.6 Å². The van der Waals surface area contributed by atoms with Gasteiger partial charge in [-0.3, -0.25) is 0 Å². The third kappa shape index (κ3) is 2.80. The fourth-order valence-electron chi connectivity index (χ4n) is 1.56. The number of hydrogen-bond donors (Lipinski definition) is 1. The summed E-state index contributed by atoms with van der Waals surface area (Å²) < 4.78 is 26.5. The third-order valence-electron chi connectivity index (χ3n) is 2.57. The number of hydrogen-bond acceptors (Lipinski definition) is 3. The molecule has 18 heavy (non-hydrogen) atoms. The van der Waals surface area contributed by atoms with E-state index < -0.39 is 5.82 Å². The van der Waals surface area contributed by atoms with E-state index in [4.69, 9.17) is 0 Å². The number of anilines is 1. The molecular weight excluding hydrogens is 236 g/mol. The lowest BCUT2D eigenvalue weighted by Gasteiger charge is -2.08. The van der Waals surface area contributed by atoms with E-state index in [1.54, 1.807) is 12.1 Å². The molecule has 94 valence electrons. The highest BCUT2D eigenvalue weighted by atomic mass is 19.1. The second-order valence-corrected chi connectivity index (χ2v) is 3.82. The zero-order valence-electron chi connectivity index (χ0n) is 9.95. The molecule has 1 N–H and O–H groups in total. The lowest BCUT2D eigenvalue weighted by Crippen LogP contribution is -2.06. The van der Waals surface area contributed by atoms with E-state index in [-0.39, 0.29) is 11.6 Å². The Morgan fingerprint density at radius 3 is 2.50 bits per heavy atom. The van der Waals surface area contributed by atoms with E-state index in [1.165, 1.54) is 18.5 Å². The summed E-state index contributed by atoms with van der Waals surface area (Å²) in [5.41, 5.74) is 1.24. The van der Waals surface area contributed by atoms with Crippen LogP contribution in [-0.2, 0) is 13.0 Å². The fourth-order valence-corrected chi connectivity index (χ4v) is 1.56. The van der Waals surface area contributed by atoms with Crippen molar-refractivity contribution in [2.45, 2.75) is 19.9 Å². The van der Waals surface area contributed by atoms with Crippen LogP contribution in [0.2, 0.25) is 0 Å². The zero-order chi connectivity index (χ0) is 13.0. The fraction of sp³-hybridized carbons (Fsp3) is 0.231. The van der Waals surface area contributed by atoms with Crippen LogP contribution in [0, 0.1) is 11.6 Å². The van der Waals surface area contributed by atoms with Gasteiger partial charge in [-0.25, -0.2) is 18.7 Å². The Hall–Kier alpha value is -2.04. The van der Waals surface area contributed by atoms with Crippen LogP contribution >= 0.6 is 0 Å². The molecule has 1 aromatic heterocycles. The Morgan fingerprint density at radius 1 is 1.11 bits per heavy atom. The molecule has 0 aliphatic rings. The molecule has 0 saturated heterocycles. The first-order valence-corrected chi connectivity index (χ1v) is 5.68. The topological polar surface area (TPSA) is 37.8 Å². The molecule has 0 aliphatic carbocycles. The van der Waals surface area contributed by atoms with Gasteiger partial charge in [0.2, 0.25) is 0 Å². The molecule has 0 atom stereocenters. The lowest BCUT2D eigenvalue weighted by molar-refractivity contribution is 0.596. The smallest absolute Gasteiger partial charge is 0.186 e. The van der Waals surface area contributed by atoms with Gasteiger partial charge in [0.05, 0.1) is 5.69 Å². The molecule has 0 spiro atoms. The van der Waals surface area contributed by atoms with E-state index in [0.29, 0.717) is 18.7 Å². The number of aryl methyl sites for hydroxylation is 1. The van der Waals surface area contributed by atoms with Crippen molar-refractivity contribution >= 4 is 5.82 Å². The summed E-state index contributed by atoms with van der Waals surface area (Å²) in [6.07, 6.45) is 1.84. The van der Waals surface area contributed by atoms with Gasteiger partial charge in [0.1, 0.15) is 12.1 Å². The molecule has 1 aromatic carbocycles. The molecule has 0 bridgehead atoms. The van der Waals surface area contributed by atoms with Gasteiger partial charge in [-0.05, 0) is 24.1 Å². The molecule has 3 nitrogen and oxygen atoms in total. The summed E-state index contributed by atoms with van der Waals surface area (Å²) in [5, 5.41) is 2.87. The minimum atomic E-state index is -0.429. The maximum Gasteiger partial charge on any atom is 0.186 e. The van der Waals surface area contributed by atoms with E-state index >= 15 is 0 Å². The van der Waals surface area contributed by atoms with Gasteiger partial charge in [-0.2, -0.15) is 0 Å². The van der Waals surface area contributed by atoms with Crippen molar-refractivity contribution in [1.82, 2.24) is 9.97 Å². The van der Waals surface area contributed by atoms with Gasteiger partial charge >= 0.3 is 0 Å². The van der Waals surface area contributed by atoms with Gasteiger partial charge in [0.25, 0.3) is 0 Å². The molecule has 1 heterocycles. The van der Waals surface area contributed by atoms with E-state index in [9.17, 15) is 8.78 Å². The Kier molecular flexibility index (Phi) is 3.82. The van der Waals surface area contributed by atoms with Gasteiger partial charge in [-0.15, -0.1) is 0 Å².